The van der Waals surface area contributed by atoms with Crippen molar-refractivity contribution in [1.82, 2.24) is 10.2 Å². The third-order valence-electron chi connectivity index (χ3n) is 2.90. The van der Waals surface area contributed by atoms with E-state index in [4.69, 9.17) is 5.11 Å². The van der Waals surface area contributed by atoms with Gasteiger partial charge >= 0.3 is 5.97 Å². The fourth-order valence-electron chi connectivity index (χ4n) is 1.76. The van der Waals surface area contributed by atoms with Crippen molar-refractivity contribution < 1.29 is 31.5 Å². The average Bonchev–Trinajstić information content (AvgIpc) is 2.79. The lowest BCUT2D eigenvalue weighted by Crippen LogP contribution is -2.15. The molecule has 0 fully saturated rings. The molecule has 0 saturated heterocycles. The fraction of sp³-hybridized carbons (Fsp3) is 0.167. The molecule has 11 heteroatoms. The quantitative estimate of drug-likeness (QED) is 0.767. The number of nitrogens with one attached hydrogen (secondary N) is 2. The molecule has 1 aromatic carbocycles. The number of sulfonamides is 1. The Morgan fingerprint density at radius 1 is 1.39 bits per heavy atom. The standard InChI is InChI=1S/C12H10F3N3O4S/c1-5-9(10(11(14)15)17-16-5)18-23(21,22)6-2-3-7(12(19)20)8(13)4-6/h2-4,11,18H,1H3,(H,16,17)(H,19,20). The van der Waals surface area contributed by atoms with Crippen molar-refractivity contribution >= 4 is 21.7 Å². The number of carboxylic acid groups (broad SMARTS) is 1. The summed E-state index contributed by atoms with van der Waals surface area (Å²) in [5, 5.41) is 14.2. The van der Waals surface area contributed by atoms with Crippen LogP contribution in [0.25, 0.3) is 0 Å². The van der Waals surface area contributed by atoms with Gasteiger partial charge in [0, 0.05) is 0 Å². The van der Waals surface area contributed by atoms with Crippen molar-refractivity contribution in [3.63, 3.8) is 0 Å². The summed E-state index contributed by atoms with van der Waals surface area (Å²) in [6.45, 7) is 1.32. The van der Waals surface area contributed by atoms with E-state index in [1.165, 1.54) is 6.92 Å². The van der Waals surface area contributed by atoms with Crippen LogP contribution in [0.1, 0.15) is 28.2 Å². The molecule has 124 valence electrons. The number of carboxylic acids is 1. The van der Waals surface area contributed by atoms with Crippen molar-refractivity contribution in [2.24, 2.45) is 0 Å². The molecule has 23 heavy (non-hydrogen) atoms. The van der Waals surface area contributed by atoms with Crippen LogP contribution in [-0.2, 0) is 10.0 Å². The van der Waals surface area contributed by atoms with Crippen LogP contribution in [0.4, 0.5) is 18.9 Å². The van der Waals surface area contributed by atoms with Crippen LogP contribution in [0.2, 0.25) is 0 Å². The second kappa shape index (κ2) is 5.91. The van der Waals surface area contributed by atoms with Crippen molar-refractivity contribution in [1.29, 1.82) is 0 Å². The van der Waals surface area contributed by atoms with Gasteiger partial charge in [0.2, 0.25) is 0 Å². The zero-order valence-electron chi connectivity index (χ0n) is 11.5. The van der Waals surface area contributed by atoms with Crippen molar-refractivity contribution in [2.75, 3.05) is 4.72 Å². The Morgan fingerprint density at radius 2 is 2.04 bits per heavy atom. The zero-order chi connectivity index (χ0) is 17.4. The van der Waals surface area contributed by atoms with E-state index in [1.54, 1.807) is 0 Å². The molecule has 1 aromatic heterocycles. The van der Waals surface area contributed by atoms with E-state index in [-0.39, 0.29) is 5.69 Å². The number of aryl methyl sites for hydroxylation is 1. The molecule has 0 radical (unpaired) electrons. The average molecular weight is 349 g/mol. The number of nitrogens with zero attached hydrogens (tertiary/aromatic N) is 1. The lowest BCUT2D eigenvalue weighted by molar-refractivity contribution is 0.0691. The Bertz CT molecular complexity index is 864. The molecule has 7 nitrogen and oxygen atoms in total. The van der Waals surface area contributed by atoms with E-state index in [0.29, 0.717) is 6.07 Å². The van der Waals surface area contributed by atoms with Crippen LogP contribution in [0, 0.1) is 12.7 Å². The fourth-order valence-corrected chi connectivity index (χ4v) is 2.91. The monoisotopic (exact) mass is 349 g/mol. The first-order valence-corrected chi connectivity index (χ1v) is 7.50. The van der Waals surface area contributed by atoms with E-state index < -0.39 is 50.1 Å². The topological polar surface area (TPSA) is 112 Å². The third-order valence-corrected chi connectivity index (χ3v) is 4.25. The van der Waals surface area contributed by atoms with E-state index in [1.807, 2.05) is 4.72 Å². The van der Waals surface area contributed by atoms with Crippen molar-refractivity contribution in [2.45, 2.75) is 18.2 Å². The van der Waals surface area contributed by atoms with Crippen molar-refractivity contribution in [3.8, 4) is 0 Å². The van der Waals surface area contributed by atoms with Crippen LogP contribution in [0.5, 0.6) is 0 Å². The van der Waals surface area contributed by atoms with Gasteiger partial charge in [-0.2, -0.15) is 5.10 Å². The predicted octanol–water partition coefficient (Wildman–Crippen LogP) is 2.29. The lowest BCUT2D eigenvalue weighted by atomic mass is 10.2. The molecule has 0 spiro atoms. The normalized spacial score (nSPS) is 11.7. The number of rotatable bonds is 5. The first kappa shape index (κ1) is 16.8. The molecule has 0 amide bonds. The number of alkyl halides is 2. The summed E-state index contributed by atoms with van der Waals surface area (Å²) in [6, 6.07) is 2.11. The van der Waals surface area contributed by atoms with Gasteiger partial charge in [0.15, 0.2) is 5.69 Å². The van der Waals surface area contributed by atoms with Gasteiger partial charge in [-0.05, 0) is 25.1 Å². The SMILES string of the molecule is Cc1[nH]nc(C(F)F)c1NS(=O)(=O)c1ccc(C(=O)O)c(F)c1. The van der Waals surface area contributed by atoms with Crippen LogP contribution in [0.3, 0.4) is 0 Å². The van der Waals surface area contributed by atoms with Gasteiger partial charge < -0.3 is 5.11 Å². The molecular weight excluding hydrogens is 339 g/mol. The molecule has 2 aromatic rings. The molecule has 0 aliphatic heterocycles. The molecular formula is C12H10F3N3O4S. The number of hydrogen-bond acceptors (Lipinski definition) is 4. The van der Waals surface area contributed by atoms with Gasteiger partial charge in [0.25, 0.3) is 16.4 Å². The molecule has 2 rings (SSSR count). The number of anilines is 1. The maximum Gasteiger partial charge on any atom is 0.338 e. The summed E-state index contributed by atoms with van der Waals surface area (Å²) in [4.78, 5) is 10.1. The van der Waals surface area contributed by atoms with Crippen LogP contribution in [-0.4, -0.2) is 29.7 Å². The minimum absolute atomic E-state index is 0.0477. The number of hydrogen-bond donors (Lipinski definition) is 3. The van der Waals surface area contributed by atoms with Gasteiger partial charge in [0.1, 0.15) is 5.82 Å². The highest BCUT2D eigenvalue weighted by atomic mass is 32.2. The Balaban J connectivity index is 2.42. The van der Waals surface area contributed by atoms with E-state index in [9.17, 15) is 26.4 Å². The second-order valence-electron chi connectivity index (χ2n) is 4.46. The number of benzene rings is 1. The third kappa shape index (κ3) is 3.28. The number of halogens is 3. The summed E-state index contributed by atoms with van der Waals surface area (Å²) in [6.07, 6.45) is -3.02. The first-order valence-electron chi connectivity index (χ1n) is 6.02. The van der Waals surface area contributed by atoms with E-state index >= 15 is 0 Å². The van der Waals surface area contributed by atoms with Crippen LogP contribution in [0.15, 0.2) is 23.1 Å². The molecule has 0 atom stereocenters. The number of aromatic nitrogens is 2. The highest BCUT2D eigenvalue weighted by Gasteiger charge is 2.25. The number of aromatic carboxylic acids is 1. The Labute approximate surface area is 128 Å². The molecule has 0 unspecified atom stereocenters. The summed E-state index contributed by atoms with van der Waals surface area (Å²) < 4.78 is 65.3. The Kier molecular flexibility index (Phi) is 4.32. The second-order valence-corrected chi connectivity index (χ2v) is 6.14. The van der Waals surface area contributed by atoms with Crippen molar-refractivity contribution in [3.05, 3.63) is 41.0 Å². The Morgan fingerprint density at radius 3 is 2.57 bits per heavy atom. The molecule has 0 bridgehead atoms. The number of aromatic amines is 1. The summed E-state index contributed by atoms with van der Waals surface area (Å²) in [7, 11) is -4.40. The molecule has 0 saturated carbocycles. The summed E-state index contributed by atoms with van der Waals surface area (Å²) >= 11 is 0. The minimum Gasteiger partial charge on any atom is -0.478 e. The number of carbonyl (C=O) groups is 1. The molecule has 0 aliphatic rings. The van der Waals surface area contributed by atoms with E-state index in [0.717, 1.165) is 12.1 Å². The van der Waals surface area contributed by atoms with Gasteiger partial charge in [-0.3, -0.25) is 9.82 Å². The maximum atomic E-state index is 13.6. The van der Waals surface area contributed by atoms with E-state index in [2.05, 4.69) is 10.2 Å². The predicted molar refractivity (Wildman–Crippen MR) is 72.4 cm³/mol. The van der Waals surface area contributed by atoms with Gasteiger partial charge in [-0.15, -0.1) is 0 Å². The smallest absolute Gasteiger partial charge is 0.338 e. The lowest BCUT2D eigenvalue weighted by Gasteiger charge is -2.09. The Hall–Kier alpha value is -2.56. The van der Waals surface area contributed by atoms with Gasteiger partial charge in [0.05, 0.1) is 21.8 Å². The largest absolute Gasteiger partial charge is 0.478 e. The highest BCUT2D eigenvalue weighted by Crippen LogP contribution is 2.29. The van der Waals surface area contributed by atoms with Crippen LogP contribution < -0.4 is 4.72 Å². The van der Waals surface area contributed by atoms with Gasteiger partial charge in [-0.1, -0.05) is 0 Å². The molecule has 0 aliphatic carbocycles. The van der Waals surface area contributed by atoms with Crippen LogP contribution >= 0.6 is 0 Å². The molecule has 1 heterocycles. The summed E-state index contributed by atoms with van der Waals surface area (Å²) in [5.41, 5.74) is -1.90. The number of H-pyrrole nitrogens is 1. The highest BCUT2D eigenvalue weighted by molar-refractivity contribution is 7.92. The first-order chi connectivity index (χ1) is 10.6. The minimum atomic E-state index is -4.40. The summed E-state index contributed by atoms with van der Waals surface area (Å²) in [5.74, 6) is -2.83. The molecule has 3 N–H and O–H groups in total. The van der Waals surface area contributed by atoms with Gasteiger partial charge in [-0.25, -0.2) is 26.4 Å². The zero-order valence-corrected chi connectivity index (χ0v) is 12.3. The maximum absolute atomic E-state index is 13.6.